The van der Waals surface area contributed by atoms with Crippen molar-refractivity contribution < 1.29 is 75.6 Å². The van der Waals surface area contributed by atoms with E-state index >= 15 is 0 Å². The normalized spacial score (nSPS) is 11.9. The van der Waals surface area contributed by atoms with Crippen molar-refractivity contribution in [2.45, 2.75) is 218 Å². The first-order chi connectivity index (χ1) is 37.4. The minimum absolute atomic E-state index is 0.217. The maximum absolute atomic E-state index is 13.6. The number of rotatable bonds is 50. The molecule has 0 heterocycles. The fraction of sp³-hybridized carbons (Fsp3) is 0.760. The van der Waals surface area contributed by atoms with E-state index in [1.165, 1.54) is 0 Å². The quantitative estimate of drug-likeness (QED) is 0.0145. The third-order valence-electron chi connectivity index (χ3n) is 11.9. The zero-order valence-electron chi connectivity index (χ0n) is 45.9. The van der Waals surface area contributed by atoms with Crippen molar-refractivity contribution in [3.63, 3.8) is 0 Å². The van der Waals surface area contributed by atoms with Crippen LogP contribution in [0.2, 0.25) is 0 Å². The fourth-order valence-corrected chi connectivity index (χ4v) is 12.1. The Morgan fingerprint density at radius 2 is 0.468 bits per heavy atom. The molecular formula is C50H90N4O17S8. The highest BCUT2D eigenvalue weighted by atomic mass is 32.3. The minimum Gasteiger partial charge on any atom is -0.470 e. The van der Waals surface area contributed by atoms with Crippen molar-refractivity contribution in [3.8, 4) is 0 Å². The Kier molecular flexibility index (Phi) is 43.3. The molecule has 21 nitrogen and oxygen atoms in total. The van der Waals surface area contributed by atoms with Gasteiger partial charge in [0.05, 0.1) is 26.4 Å². The molecular weight excluding hydrogens is 1190 g/mol. The summed E-state index contributed by atoms with van der Waals surface area (Å²) in [5.74, 6) is 0. The summed E-state index contributed by atoms with van der Waals surface area (Å²) in [6.07, 6.45) is 24.6. The topological polar surface area (TPSA) is 277 Å². The number of nitrogens with zero attached hydrogens (tertiary/aromatic N) is 4. The number of hydrogen-bond acceptors (Lipinski definition) is 17. The molecule has 0 spiro atoms. The molecule has 0 aromatic rings. The first-order valence-electron chi connectivity index (χ1n) is 27.2. The summed E-state index contributed by atoms with van der Waals surface area (Å²) in [4.78, 5) is 0. The number of allylic oxidation sites excluding steroid dienone is 4. The molecule has 29 heteroatoms. The van der Waals surface area contributed by atoms with E-state index in [1.54, 1.807) is 0 Å². The van der Waals surface area contributed by atoms with Crippen LogP contribution in [0.4, 0.5) is 0 Å². The van der Waals surface area contributed by atoms with Gasteiger partial charge in [0.25, 0.3) is 33.4 Å². The largest absolute Gasteiger partial charge is 0.470 e. The van der Waals surface area contributed by atoms with E-state index in [4.69, 9.17) is 72.6 Å². The molecule has 460 valence electrons. The van der Waals surface area contributed by atoms with Crippen LogP contribution in [0.1, 0.15) is 205 Å². The molecule has 0 radical (unpaired) electrons. The van der Waals surface area contributed by atoms with E-state index in [2.05, 4.69) is 26.3 Å². The van der Waals surface area contributed by atoms with Gasteiger partial charge in [-0.2, -0.15) is 50.9 Å². The van der Waals surface area contributed by atoms with Crippen LogP contribution in [-0.4, -0.2) is 129 Å². The first-order valence-corrected chi connectivity index (χ1v) is 34.5. The van der Waals surface area contributed by atoms with Gasteiger partial charge in [0.2, 0.25) is 0 Å². The van der Waals surface area contributed by atoms with Crippen LogP contribution < -0.4 is 0 Å². The van der Waals surface area contributed by atoms with Crippen LogP contribution in [0.25, 0.3) is 0 Å². The molecule has 0 saturated heterocycles. The Morgan fingerprint density at radius 3 is 0.620 bits per heavy atom. The minimum atomic E-state index is -6.08. The molecule has 0 rings (SSSR count). The van der Waals surface area contributed by atoms with Gasteiger partial charge in [-0.25, -0.2) is 0 Å². The fourth-order valence-electron chi connectivity index (χ4n) is 7.70. The summed E-state index contributed by atoms with van der Waals surface area (Å²) in [7, 11) is -24.3. The number of unbranched alkanes of at least 4 members (excludes halogenated alkanes) is 28. The van der Waals surface area contributed by atoms with Crippen LogP contribution in [0.5, 0.6) is 0 Å². The molecule has 0 aliphatic rings. The van der Waals surface area contributed by atoms with Gasteiger partial charge in [-0.05, 0) is 126 Å². The summed E-state index contributed by atoms with van der Waals surface area (Å²) in [5.41, 5.74) is 0. The Bertz CT molecular complexity index is 1940. The molecule has 0 fully saturated rings. The van der Waals surface area contributed by atoms with E-state index in [0.717, 1.165) is 128 Å². The molecule has 0 bridgehead atoms. The second-order valence-corrected chi connectivity index (χ2v) is 25.1. The average molecular weight is 1280 g/mol. The highest BCUT2D eigenvalue weighted by Gasteiger charge is 2.52. The maximum atomic E-state index is 13.6. The smallest absolute Gasteiger partial charge is 0.366 e. The molecule has 4 N–H and O–H groups in total. The van der Waals surface area contributed by atoms with Crippen LogP contribution >= 0.6 is 48.9 Å². The van der Waals surface area contributed by atoms with Gasteiger partial charge in [-0.15, -0.1) is 26.3 Å². The summed E-state index contributed by atoms with van der Waals surface area (Å²) >= 11 is 21.1. The first kappa shape index (κ1) is 76.3. The molecule has 0 saturated carbocycles. The lowest BCUT2D eigenvalue weighted by molar-refractivity contribution is -0.157. The highest BCUT2D eigenvalue weighted by molar-refractivity contribution is 7.88. The van der Waals surface area contributed by atoms with Crippen molar-refractivity contribution in [2.75, 3.05) is 26.4 Å². The highest BCUT2D eigenvalue weighted by Crippen LogP contribution is 2.28. The van der Waals surface area contributed by atoms with Gasteiger partial charge in [-0.3, -0.25) is 22.9 Å². The molecule has 0 amide bonds. The standard InChI is InChI=1S/C50H90N4O17S8/c1-5-9-13-17-21-25-29-33-37-41-67-47(72)51(76(55,56)57)45(52(77(58,59)60)48(73)68-42-38-34-30-26-22-18-14-10-6-2)71-46(53(78(61,62)63)49(74)69-43-39-35-31-27-23-19-15-11-7-3)54(79(64,65)66)50(75)70-44-40-36-32-28-24-20-16-12-8-4/h5-8,45-46H,1-4,9-44H2,(H,55,56,57)(H,58,59,60)(H,61,62,63)(H,64,65,66). The van der Waals surface area contributed by atoms with Gasteiger partial charge < -0.3 is 18.9 Å². The molecule has 0 aliphatic carbocycles. The van der Waals surface area contributed by atoms with Gasteiger partial charge in [0, 0.05) is 0 Å². The van der Waals surface area contributed by atoms with E-state index in [-0.39, 0.29) is 52.1 Å². The van der Waals surface area contributed by atoms with Gasteiger partial charge in [0.15, 0.2) is 0 Å². The third-order valence-corrected chi connectivity index (χ3v) is 17.0. The van der Waals surface area contributed by atoms with Crippen LogP contribution in [0.3, 0.4) is 0 Å². The summed E-state index contributed by atoms with van der Waals surface area (Å²) in [6.45, 7) is 13.3. The van der Waals surface area contributed by atoms with E-state index < -0.39 is 91.8 Å². The molecule has 0 unspecified atom stereocenters. The second kappa shape index (κ2) is 44.8. The molecule has 79 heavy (non-hydrogen) atoms. The average Bonchev–Trinajstić information content (AvgIpc) is 3.34. The predicted molar refractivity (Wildman–Crippen MR) is 325 cm³/mol. The lowest BCUT2D eigenvalue weighted by atomic mass is 10.1. The zero-order chi connectivity index (χ0) is 59.6. The van der Waals surface area contributed by atoms with Crippen molar-refractivity contribution >= 4 is 111 Å². The predicted octanol–water partition coefficient (Wildman–Crippen LogP) is 12.4. The molecule has 0 atom stereocenters. The lowest BCUT2D eigenvalue weighted by Gasteiger charge is -2.41. The van der Waals surface area contributed by atoms with Gasteiger partial charge >= 0.3 is 41.2 Å². The summed E-state index contributed by atoms with van der Waals surface area (Å²) in [6, 6.07) is 0. The van der Waals surface area contributed by atoms with Crippen LogP contribution in [-0.2, 0) is 64.9 Å². The summed E-state index contributed by atoms with van der Waals surface area (Å²) in [5, 5.41) is -5.29. The summed E-state index contributed by atoms with van der Waals surface area (Å²) < 4.78 is 178. The SMILES string of the molecule is C=CCCCCCCCCCOC(=S)N(C(OC(N(C(=S)OCCCCCCCCCC=C)S(=O)(=O)O)N(C(=S)OCCCCCCCCCC=C)S(=O)(=O)O)N(C(=S)OCCCCCCCCCC=C)S(=O)(=O)O)S(=O)(=O)O. The Balaban J connectivity index is 7.60. The number of thiocarbonyl (C=S) groups is 4. The Labute approximate surface area is 495 Å². The Morgan fingerprint density at radius 1 is 0.316 bits per heavy atom. The third kappa shape index (κ3) is 36.5. The van der Waals surface area contributed by atoms with Crippen molar-refractivity contribution in [2.24, 2.45) is 0 Å². The van der Waals surface area contributed by atoms with Crippen molar-refractivity contribution in [1.82, 2.24) is 17.2 Å². The van der Waals surface area contributed by atoms with Crippen molar-refractivity contribution in [3.05, 3.63) is 50.6 Å². The molecule has 0 aliphatic heterocycles. The van der Waals surface area contributed by atoms with E-state index in [0.29, 0.717) is 51.4 Å². The zero-order valence-corrected chi connectivity index (χ0v) is 52.4. The van der Waals surface area contributed by atoms with E-state index in [9.17, 15) is 51.9 Å². The van der Waals surface area contributed by atoms with Gasteiger partial charge in [0.1, 0.15) is 0 Å². The Hall–Kier alpha value is -2.68. The number of hydrogen-bond donors (Lipinski definition) is 4. The molecule has 0 aromatic heterocycles. The van der Waals surface area contributed by atoms with Crippen LogP contribution in [0, 0.1) is 0 Å². The monoisotopic (exact) mass is 1270 g/mol. The lowest BCUT2D eigenvalue weighted by Crippen LogP contribution is -2.65. The maximum Gasteiger partial charge on any atom is 0.366 e. The number of ether oxygens (including phenoxy) is 5. The van der Waals surface area contributed by atoms with Crippen LogP contribution in [0.15, 0.2) is 50.6 Å². The van der Waals surface area contributed by atoms with Gasteiger partial charge in [-0.1, -0.05) is 153 Å². The second-order valence-electron chi connectivity index (χ2n) is 18.5. The molecule has 0 aromatic carbocycles. The van der Waals surface area contributed by atoms with Crippen molar-refractivity contribution in [1.29, 1.82) is 0 Å². The van der Waals surface area contributed by atoms with E-state index in [1.807, 2.05) is 24.3 Å².